The molecule has 2 aromatic rings. The summed E-state index contributed by atoms with van der Waals surface area (Å²) in [5.74, 6) is 0.279. The number of hydrogen-bond acceptors (Lipinski definition) is 2. The maximum absolute atomic E-state index is 12.5. The lowest BCUT2D eigenvalue weighted by Crippen LogP contribution is -2.05. The zero-order valence-electron chi connectivity index (χ0n) is 10.8. The Labute approximate surface area is 114 Å². The zero-order chi connectivity index (χ0) is 13.5. The molecule has 3 heteroatoms. The van der Waals surface area contributed by atoms with Gasteiger partial charge < -0.3 is 0 Å². The van der Waals surface area contributed by atoms with Crippen LogP contribution in [0.15, 0.2) is 53.4 Å². The van der Waals surface area contributed by atoms with E-state index < -0.39 is 9.84 Å². The van der Waals surface area contributed by atoms with Gasteiger partial charge in [-0.3, -0.25) is 0 Å². The molecule has 19 heavy (non-hydrogen) atoms. The molecule has 1 aliphatic rings. The number of sulfone groups is 1. The van der Waals surface area contributed by atoms with Crippen molar-refractivity contribution >= 4 is 9.84 Å². The molecule has 0 bridgehead atoms. The molecule has 0 N–H and O–H groups in total. The highest BCUT2D eigenvalue weighted by atomic mass is 32.2. The third-order valence-corrected chi connectivity index (χ3v) is 5.55. The van der Waals surface area contributed by atoms with Crippen LogP contribution < -0.4 is 0 Å². The molecule has 3 rings (SSSR count). The molecule has 1 aliphatic heterocycles. The van der Waals surface area contributed by atoms with E-state index in [9.17, 15) is 8.42 Å². The second-order valence-corrected chi connectivity index (χ2v) is 6.91. The highest BCUT2D eigenvalue weighted by molar-refractivity contribution is 7.90. The molecule has 1 atom stereocenters. The first kappa shape index (κ1) is 12.4. The predicted octanol–water partition coefficient (Wildman–Crippen LogP) is 3.52. The van der Waals surface area contributed by atoms with Gasteiger partial charge in [-0.1, -0.05) is 49.4 Å². The average molecular weight is 272 g/mol. The highest BCUT2D eigenvalue weighted by Gasteiger charge is 2.29. The topological polar surface area (TPSA) is 34.1 Å². The van der Waals surface area contributed by atoms with Crippen LogP contribution in [-0.2, 0) is 15.6 Å². The smallest absolute Gasteiger partial charge is 0.182 e. The van der Waals surface area contributed by atoms with Gasteiger partial charge in [0, 0.05) is 5.92 Å². The van der Waals surface area contributed by atoms with E-state index >= 15 is 0 Å². The Bertz CT molecular complexity index is 717. The van der Waals surface area contributed by atoms with Crippen LogP contribution in [0.3, 0.4) is 0 Å². The Morgan fingerprint density at radius 3 is 2.37 bits per heavy atom. The van der Waals surface area contributed by atoms with Crippen molar-refractivity contribution < 1.29 is 8.42 Å². The first-order valence-corrected chi connectivity index (χ1v) is 8.18. The Balaban J connectivity index is 2.35. The summed E-state index contributed by atoms with van der Waals surface area (Å²) in [7, 11) is -3.23. The monoisotopic (exact) mass is 272 g/mol. The zero-order valence-corrected chi connectivity index (χ0v) is 11.7. The van der Waals surface area contributed by atoms with Gasteiger partial charge in [0.1, 0.15) is 0 Å². The van der Waals surface area contributed by atoms with Gasteiger partial charge >= 0.3 is 0 Å². The Kier molecular flexibility index (Phi) is 2.94. The minimum Gasteiger partial charge on any atom is -0.223 e. The molecule has 0 saturated carbocycles. The van der Waals surface area contributed by atoms with Gasteiger partial charge in [0.15, 0.2) is 9.84 Å². The van der Waals surface area contributed by atoms with Gasteiger partial charge in [-0.25, -0.2) is 8.42 Å². The van der Waals surface area contributed by atoms with Crippen molar-refractivity contribution in [1.82, 2.24) is 0 Å². The summed E-state index contributed by atoms with van der Waals surface area (Å²) < 4.78 is 25.0. The number of benzene rings is 2. The van der Waals surface area contributed by atoms with Crippen molar-refractivity contribution in [1.29, 1.82) is 0 Å². The van der Waals surface area contributed by atoms with E-state index in [0.29, 0.717) is 4.90 Å². The molecular weight excluding hydrogens is 256 g/mol. The van der Waals surface area contributed by atoms with Crippen LogP contribution in [0.25, 0.3) is 0 Å². The van der Waals surface area contributed by atoms with Gasteiger partial charge in [0.2, 0.25) is 0 Å². The van der Waals surface area contributed by atoms with Crippen molar-refractivity contribution in [2.75, 3.05) is 0 Å². The van der Waals surface area contributed by atoms with Crippen LogP contribution in [0.1, 0.15) is 36.0 Å². The van der Waals surface area contributed by atoms with Crippen LogP contribution in [0.4, 0.5) is 0 Å². The van der Waals surface area contributed by atoms with Crippen LogP contribution in [0.2, 0.25) is 0 Å². The summed E-state index contributed by atoms with van der Waals surface area (Å²) in [5.41, 5.74) is 3.03. The van der Waals surface area contributed by atoms with Crippen molar-refractivity contribution in [3.05, 3.63) is 65.2 Å². The minimum absolute atomic E-state index is 0.108. The molecular formula is C16H16O2S. The maximum Gasteiger partial charge on any atom is 0.182 e. The van der Waals surface area contributed by atoms with Crippen molar-refractivity contribution in [3.63, 3.8) is 0 Å². The van der Waals surface area contributed by atoms with E-state index in [2.05, 4.69) is 13.0 Å². The van der Waals surface area contributed by atoms with E-state index in [-0.39, 0.29) is 11.7 Å². The summed E-state index contributed by atoms with van der Waals surface area (Å²) in [6.07, 6.45) is 0.906. The molecule has 1 unspecified atom stereocenters. The Morgan fingerprint density at radius 2 is 1.63 bits per heavy atom. The SMILES string of the molecule is CCC1c2ccccc2CS(=O)(=O)c2ccccc21. The van der Waals surface area contributed by atoms with Gasteiger partial charge in [0.25, 0.3) is 0 Å². The second-order valence-electron chi connectivity index (χ2n) is 4.96. The standard InChI is InChI=1S/C16H16O2S/c1-2-13-14-8-4-3-7-12(14)11-19(17,18)16-10-6-5-9-15(13)16/h3-10,13H,2,11H2,1H3. The summed E-state index contributed by atoms with van der Waals surface area (Å²) in [4.78, 5) is 0.498. The summed E-state index contributed by atoms with van der Waals surface area (Å²) in [6.45, 7) is 2.11. The van der Waals surface area contributed by atoms with E-state index in [1.165, 1.54) is 0 Å². The number of hydrogen-bond donors (Lipinski definition) is 0. The van der Waals surface area contributed by atoms with E-state index in [4.69, 9.17) is 0 Å². The third-order valence-electron chi connectivity index (χ3n) is 3.81. The first-order chi connectivity index (χ1) is 9.13. The number of rotatable bonds is 1. The average Bonchev–Trinajstić information content (AvgIpc) is 2.50. The van der Waals surface area contributed by atoms with Crippen LogP contribution in [0.5, 0.6) is 0 Å². The maximum atomic E-state index is 12.5. The second kappa shape index (κ2) is 4.49. The lowest BCUT2D eigenvalue weighted by atomic mass is 9.87. The van der Waals surface area contributed by atoms with Crippen molar-refractivity contribution in [2.45, 2.75) is 29.9 Å². The molecule has 0 aliphatic carbocycles. The fourth-order valence-corrected chi connectivity index (χ4v) is 4.63. The summed E-state index contributed by atoms with van der Waals surface area (Å²) >= 11 is 0. The van der Waals surface area contributed by atoms with Gasteiger partial charge in [0.05, 0.1) is 10.6 Å². The van der Waals surface area contributed by atoms with Crippen LogP contribution >= 0.6 is 0 Å². The Morgan fingerprint density at radius 1 is 1.00 bits per heavy atom. The van der Waals surface area contributed by atoms with Gasteiger partial charge in [-0.05, 0) is 29.2 Å². The highest BCUT2D eigenvalue weighted by Crippen LogP contribution is 2.38. The molecule has 0 radical (unpaired) electrons. The van der Waals surface area contributed by atoms with E-state index in [1.54, 1.807) is 12.1 Å². The molecule has 2 nitrogen and oxygen atoms in total. The van der Waals surface area contributed by atoms with Gasteiger partial charge in [-0.15, -0.1) is 0 Å². The van der Waals surface area contributed by atoms with E-state index in [1.807, 2.05) is 30.3 Å². The van der Waals surface area contributed by atoms with Crippen molar-refractivity contribution in [3.8, 4) is 0 Å². The lowest BCUT2D eigenvalue weighted by molar-refractivity contribution is 0.594. The van der Waals surface area contributed by atoms with E-state index in [0.717, 1.165) is 23.1 Å². The molecule has 0 saturated heterocycles. The van der Waals surface area contributed by atoms with Crippen LogP contribution in [-0.4, -0.2) is 8.42 Å². The number of fused-ring (bicyclic) bond motifs is 2. The fourth-order valence-electron chi connectivity index (χ4n) is 2.95. The normalized spacial score (nSPS) is 20.2. The molecule has 1 heterocycles. The largest absolute Gasteiger partial charge is 0.223 e. The Hall–Kier alpha value is -1.61. The molecule has 0 aromatic heterocycles. The fraction of sp³-hybridized carbons (Fsp3) is 0.250. The van der Waals surface area contributed by atoms with Gasteiger partial charge in [-0.2, -0.15) is 0 Å². The lowest BCUT2D eigenvalue weighted by Gasteiger charge is -2.17. The molecule has 2 aromatic carbocycles. The molecule has 98 valence electrons. The first-order valence-electron chi connectivity index (χ1n) is 6.53. The molecule has 0 amide bonds. The quantitative estimate of drug-likeness (QED) is 0.796. The molecule has 0 spiro atoms. The minimum atomic E-state index is -3.23. The van der Waals surface area contributed by atoms with Crippen LogP contribution in [0, 0.1) is 0 Å². The summed E-state index contributed by atoms with van der Waals surface area (Å²) in [5, 5.41) is 0. The summed E-state index contributed by atoms with van der Waals surface area (Å²) in [6, 6.07) is 15.3. The molecule has 0 fully saturated rings. The third kappa shape index (κ3) is 1.98. The predicted molar refractivity (Wildman–Crippen MR) is 75.9 cm³/mol. The van der Waals surface area contributed by atoms with Crippen molar-refractivity contribution in [2.24, 2.45) is 0 Å².